The molecule has 0 aromatic heterocycles. The Morgan fingerprint density at radius 2 is 1.62 bits per heavy atom. The number of carbonyl (C=O) groups is 5. The van der Waals surface area contributed by atoms with Crippen LogP contribution >= 0.6 is 0 Å². The van der Waals surface area contributed by atoms with Crippen molar-refractivity contribution in [2.45, 2.75) is 48.5 Å². The standard InChI is InChI=1S/C29H29NO9/c1-13(9-8-10-15(3)31)29(36)30-23-17(5)24(33)20-21(26(23)35)25(34)18(6)28-22(20)27(37-12-38-28)14(2)11-16(4)39-19(7)32/h8-11,34H,12H2,1-7H3,(H,30,36). The first kappa shape index (κ1) is 28.8. The van der Waals surface area contributed by atoms with E-state index >= 15 is 0 Å². The topological polar surface area (TPSA) is 145 Å². The van der Waals surface area contributed by atoms with Gasteiger partial charge in [-0.05, 0) is 59.3 Å². The summed E-state index contributed by atoms with van der Waals surface area (Å²) in [4.78, 5) is 62.5. The summed E-state index contributed by atoms with van der Waals surface area (Å²) in [6.07, 6.45) is 5.61. The van der Waals surface area contributed by atoms with Crippen molar-refractivity contribution >= 4 is 35.0 Å². The van der Waals surface area contributed by atoms with E-state index in [-0.39, 0.29) is 68.9 Å². The fourth-order valence-corrected chi connectivity index (χ4v) is 4.20. The molecule has 204 valence electrons. The van der Waals surface area contributed by atoms with E-state index in [0.717, 1.165) is 0 Å². The van der Waals surface area contributed by atoms with Crippen molar-refractivity contribution in [1.82, 2.24) is 5.32 Å². The van der Waals surface area contributed by atoms with Gasteiger partial charge in [0.15, 0.2) is 11.6 Å². The van der Waals surface area contributed by atoms with Crippen molar-refractivity contribution in [1.29, 1.82) is 0 Å². The monoisotopic (exact) mass is 535 g/mol. The summed E-state index contributed by atoms with van der Waals surface area (Å²) in [6, 6.07) is 0. The number of hydrogen-bond donors (Lipinski definition) is 2. The smallest absolute Gasteiger partial charge is 0.307 e. The summed E-state index contributed by atoms with van der Waals surface area (Å²) in [5.74, 6) is -2.56. The molecule has 1 aliphatic heterocycles. The van der Waals surface area contributed by atoms with Gasteiger partial charge in [0.25, 0.3) is 5.91 Å². The van der Waals surface area contributed by atoms with Crippen molar-refractivity contribution in [3.05, 3.63) is 74.7 Å². The number of nitrogens with one attached hydrogen (secondary N) is 1. The number of ether oxygens (including phenoxy) is 3. The number of fused-ring (bicyclic) bond motifs is 3. The van der Waals surface area contributed by atoms with Crippen LogP contribution < -0.4 is 10.1 Å². The molecular weight excluding hydrogens is 506 g/mol. The molecule has 3 rings (SSSR count). The molecule has 0 fully saturated rings. The Morgan fingerprint density at radius 3 is 2.23 bits per heavy atom. The van der Waals surface area contributed by atoms with Gasteiger partial charge in [-0.2, -0.15) is 0 Å². The molecule has 1 amide bonds. The van der Waals surface area contributed by atoms with Crippen molar-refractivity contribution in [3.8, 4) is 11.5 Å². The highest BCUT2D eigenvalue weighted by Crippen LogP contribution is 2.47. The summed E-state index contributed by atoms with van der Waals surface area (Å²) in [5.41, 5.74) is 0.286. The molecule has 0 saturated heterocycles. The van der Waals surface area contributed by atoms with Gasteiger partial charge in [0.2, 0.25) is 12.6 Å². The molecule has 1 aliphatic carbocycles. The first-order valence-corrected chi connectivity index (χ1v) is 12.0. The number of benzene rings is 1. The summed E-state index contributed by atoms with van der Waals surface area (Å²) in [5, 5.41) is 13.5. The molecule has 0 atom stereocenters. The van der Waals surface area contributed by atoms with E-state index < -0.39 is 29.2 Å². The van der Waals surface area contributed by atoms with Crippen molar-refractivity contribution in [2.24, 2.45) is 0 Å². The highest BCUT2D eigenvalue weighted by Gasteiger charge is 2.40. The fourth-order valence-electron chi connectivity index (χ4n) is 4.20. The molecular formula is C29H29NO9. The number of aromatic hydroxyl groups is 1. The first-order chi connectivity index (χ1) is 18.3. The lowest BCUT2D eigenvalue weighted by Crippen LogP contribution is -2.35. The van der Waals surface area contributed by atoms with Crippen LogP contribution in [0.5, 0.6) is 11.5 Å². The number of allylic oxidation sites excluding steroid dienone is 8. The van der Waals surface area contributed by atoms with Crippen LogP contribution in [0.2, 0.25) is 0 Å². The number of Topliss-reactive ketones (excluding diaryl/α,β-unsaturated/α-hetero) is 2. The Bertz CT molecular complexity index is 1480. The minimum atomic E-state index is -0.764. The molecule has 39 heavy (non-hydrogen) atoms. The first-order valence-electron chi connectivity index (χ1n) is 12.0. The molecule has 0 radical (unpaired) electrons. The highest BCUT2D eigenvalue weighted by molar-refractivity contribution is 6.30. The average Bonchev–Trinajstić information content (AvgIpc) is 2.85. The molecule has 2 aliphatic rings. The Balaban J connectivity index is 2.18. The molecule has 1 aromatic rings. The van der Waals surface area contributed by atoms with E-state index in [9.17, 15) is 29.1 Å². The van der Waals surface area contributed by atoms with Crippen molar-refractivity contribution < 1.29 is 43.3 Å². The van der Waals surface area contributed by atoms with E-state index in [4.69, 9.17) is 14.2 Å². The average molecular weight is 536 g/mol. The zero-order valence-electron chi connectivity index (χ0n) is 22.7. The van der Waals surface area contributed by atoms with Crippen LogP contribution in [0.15, 0.2) is 52.5 Å². The summed E-state index contributed by atoms with van der Waals surface area (Å²) >= 11 is 0. The number of esters is 1. The van der Waals surface area contributed by atoms with Gasteiger partial charge < -0.3 is 24.6 Å². The van der Waals surface area contributed by atoms with E-state index in [2.05, 4.69) is 5.32 Å². The number of carbonyl (C=O) groups excluding carboxylic acids is 5. The van der Waals surface area contributed by atoms with Gasteiger partial charge in [0.05, 0.1) is 22.4 Å². The highest BCUT2D eigenvalue weighted by atomic mass is 16.7. The van der Waals surface area contributed by atoms with Gasteiger partial charge in [0, 0.05) is 23.6 Å². The Hall–Kier alpha value is -4.73. The number of rotatable bonds is 6. The second-order valence-corrected chi connectivity index (χ2v) is 9.13. The van der Waals surface area contributed by atoms with Gasteiger partial charge in [-0.3, -0.25) is 24.0 Å². The molecule has 0 spiro atoms. The second kappa shape index (κ2) is 11.3. The minimum absolute atomic E-state index is 0.0485. The predicted molar refractivity (Wildman–Crippen MR) is 141 cm³/mol. The van der Waals surface area contributed by atoms with Gasteiger partial charge in [0.1, 0.15) is 23.0 Å². The number of hydrogen-bond acceptors (Lipinski definition) is 9. The van der Waals surface area contributed by atoms with Crippen LogP contribution in [0, 0.1) is 6.92 Å². The third-order valence-electron chi connectivity index (χ3n) is 6.05. The van der Waals surface area contributed by atoms with Crippen molar-refractivity contribution in [2.75, 3.05) is 6.79 Å². The lowest BCUT2D eigenvalue weighted by atomic mass is 9.81. The van der Waals surface area contributed by atoms with Crippen LogP contribution in [-0.4, -0.2) is 41.1 Å². The maximum absolute atomic E-state index is 13.7. The minimum Gasteiger partial charge on any atom is -0.507 e. The molecule has 0 saturated carbocycles. The predicted octanol–water partition coefficient (Wildman–Crippen LogP) is 4.13. The van der Waals surface area contributed by atoms with E-state index in [1.165, 1.54) is 52.8 Å². The van der Waals surface area contributed by atoms with Gasteiger partial charge in [-0.1, -0.05) is 12.2 Å². The van der Waals surface area contributed by atoms with E-state index in [0.29, 0.717) is 5.57 Å². The molecule has 10 nitrogen and oxygen atoms in total. The quantitative estimate of drug-likeness (QED) is 0.238. The van der Waals surface area contributed by atoms with Gasteiger partial charge >= 0.3 is 5.97 Å². The third-order valence-corrected chi connectivity index (χ3v) is 6.05. The zero-order chi connectivity index (χ0) is 29.2. The van der Waals surface area contributed by atoms with Crippen LogP contribution in [-0.2, 0) is 23.9 Å². The largest absolute Gasteiger partial charge is 0.507 e. The lowest BCUT2D eigenvalue weighted by Gasteiger charge is -2.30. The lowest BCUT2D eigenvalue weighted by molar-refractivity contribution is -0.136. The van der Waals surface area contributed by atoms with E-state index in [1.54, 1.807) is 19.9 Å². The van der Waals surface area contributed by atoms with Gasteiger partial charge in [-0.25, -0.2) is 0 Å². The molecule has 10 heteroatoms. The third kappa shape index (κ3) is 5.74. The molecule has 0 unspecified atom stereocenters. The van der Waals surface area contributed by atoms with Crippen LogP contribution in [0.4, 0.5) is 0 Å². The summed E-state index contributed by atoms with van der Waals surface area (Å²) < 4.78 is 16.5. The number of phenolic OH excluding ortho intramolecular Hbond substituents is 1. The van der Waals surface area contributed by atoms with Crippen LogP contribution in [0.25, 0.3) is 5.76 Å². The SMILES string of the molecule is CC(=O)C=CC=C(C)C(=O)NC1=C(C)C(=O)c2c(c(O)c(C)c3c2C(=C(C)C=C(C)OC(C)=O)OCO3)C1=O. The molecule has 1 aromatic carbocycles. The summed E-state index contributed by atoms with van der Waals surface area (Å²) in [7, 11) is 0. The Morgan fingerprint density at radius 1 is 0.949 bits per heavy atom. The Kier molecular flexibility index (Phi) is 8.39. The zero-order valence-corrected chi connectivity index (χ0v) is 22.7. The number of phenols is 1. The maximum Gasteiger partial charge on any atom is 0.307 e. The number of ketones is 3. The molecule has 1 heterocycles. The molecule has 2 N–H and O–H groups in total. The van der Waals surface area contributed by atoms with Crippen molar-refractivity contribution in [3.63, 3.8) is 0 Å². The Labute approximate surface area is 225 Å². The number of amides is 1. The van der Waals surface area contributed by atoms with E-state index in [1.807, 2.05) is 0 Å². The van der Waals surface area contributed by atoms with Crippen LogP contribution in [0.3, 0.4) is 0 Å². The summed E-state index contributed by atoms with van der Waals surface area (Å²) in [6.45, 7) is 10.1. The second-order valence-electron chi connectivity index (χ2n) is 9.13. The van der Waals surface area contributed by atoms with Crippen LogP contribution in [0.1, 0.15) is 73.4 Å². The molecule has 0 bridgehead atoms. The normalized spacial score (nSPS) is 16.8. The maximum atomic E-state index is 13.7. The van der Waals surface area contributed by atoms with Gasteiger partial charge in [-0.15, -0.1) is 0 Å². The fraction of sp³-hybridized carbons (Fsp3) is 0.276.